The number of aromatic nitrogens is 3. The Morgan fingerprint density at radius 2 is 2.00 bits per heavy atom. The third-order valence-corrected chi connectivity index (χ3v) is 6.48. The first kappa shape index (κ1) is 21.8. The maximum absolute atomic E-state index is 12.7. The van der Waals surface area contributed by atoms with Gasteiger partial charge in [0.1, 0.15) is 17.2 Å². The van der Waals surface area contributed by atoms with E-state index in [0.717, 1.165) is 24.0 Å². The third-order valence-electron chi connectivity index (χ3n) is 5.57. The quantitative estimate of drug-likeness (QED) is 0.503. The van der Waals surface area contributed by atoms with E-state index in [1.165, 1.54) is 17.5 Å². The van der Waals surface area contributed by atoms with Crippen molar-refractivity contribution in [2.45, 2.75) is 46.2 Å². The van der Waals surface area contributed by atoms with E-state index in [4.69, 9.17) is 0 Å². The Morgan fingerprint density at radius 1 is 1.25 bits per heavy atom. The van der Waals surface area contributed by atoms with Crippen LogP contribution in [0.3, 0.4) is 0 Å². The van der Waals surface area contributed by atoms with Crippen LogP contribution in [0.25, 0.3) is 0 Å². The number of thiazole rings is 1. The number of anilines is 3. The maximum atomic E-state index is 12.7. The van der Waals surface area contributed by atoms with Gasteiger partial charge in [0.2, 0.25) is 5.91 Å². The number of nitrogens with zero attached hydrogens (tertiary/aromatic N) is 4. The van der Waals surface area contributed by atoms with Crippen molar-refractivity contribution in [2.75, 3.05) is 17.7 Å². The van der Waals surface area contributed by atoms with Crippen LogP contribution in [0.4, 0.5) is 16.6 Å². The summed E-state index contributed by atoms with van der Waals surface area (Å²) in [5.41, 5.74) is 2.94. The lowest BCUT2D eigenvalue weighted by molar-refractivity contribution is -0.131. The van der Waals surface area contributed by atoms with Crippen LogP contribution in [0.2, 0.25) is 0 Å². The molecule has 1 aromatic carbocycles. The van der Waals surface area contributed by atoms with Gasteiger partial charge in [-0.05, 0) is 45.2 Å². The predicted molar refractivity (Wildman–Crippen MR) is 124 cm³/mol. The van der Waals surface area contributed by atoms with Crippen LogP contribution in [-0.2, 0) is 11.3 Å². The summed E-state index contributed by atoms with van der Waals surface area (Å²) >= 11 is 1.20. The van der Waals surface area contributed by atoms with Crippen molar-refractivity contribution in [1.29, 1.82) is 0 Å². The minimum Gasteiger partial charge on any atom is -0.508 e. The number of benzene rings is 1. The molecule has 1 fully saturated rings. The molecule has 1 aliphatic carbocycles. The minimum absolute atomic E-state index is 0.0345. The highest BCUT2D eigenvalue weighted by Gasteiger charge is 2.29. The zero-order chi connectivity index (χ0) is 23.0. The fourth-order valence-electron chi connectivity index (χ4n) is 3.38. The number of phenolic OH excluding ortho intramolecular Hbond substituents is 1. The molecule has 168 valence electrons. The number of carbonyl (C=O) groups excluding carboxylic acids is 2. The lowest BCUT2D eigenvalue weighted by Gasteiger charge is -2.15. The molecule has 0 bridgehead atoms. The van der Waals surface area contributed by atoms with Gasteiger partial charge in [0.05, 0.1) is 11.9 Å². The Morgan fingerprint density at radius 3 is 2.72 bits per heavy atom. The molecule has 9 nitrogen and oxygen atoms in total. The molecule has 3 N–H and O–H groups in total. The van der Waals surface area contributed by atoms with Crippen LogP contribution in [-0.4, -0.2) is 49.7 Å². The summed E-state index contributed by atoms with van der Waals surface area (Å²) in [5, 5.41) is 20.9. The summed E-state index contributed by atoms with van der Waals surface area (Å²) in [7, 11) is 1.83. The number of nitrogens with one attached hydrogen (secondary N) is 2. The van der Waals surface area contributed by atoms with Crippen LogP contribution in [0.15, 0.2) is 24.5 Å². The van der Waals surface area contributed by atoms with Gasteiger partial charge in [0, 0.05) is 30.4 Å². The van der Waals surface area contributed by atoms with Crippen LogP contribution in [0.5, 0.6) is 5.75 Å². The highest BCUT2D eigenvalue weighted by atomic mass is 32.1. The van der Waals surface area contributed by atoms with E-state index in [1.807, 2.05) is 27.1 Å². The molecule has 0 saturated heterocycles. The highest BCUT2D eigenvalue weighted by molar-refractivity contribution is 7.17. The summed E-state index contributed by atoms with van der Waals surface area (Å²) in [6, 6.07) is 3.72. The first-order valence-corrected chi connectivity index (χ1v) is 11.2. The summed E-state index contributed by atoms with van der Waals surface area (Å²) in [6.45, 7) is 5.71. The lowest BCUT2D eigenvalue weighted by Crippen LogP contribution is -2.32. The molecule has 0 aliphatic heterocycles. The lowest BCUT2D eigenvalue weighted by atomic mass is 10.1. The van der Waals surface area contributed by atoms with E-state index < -0.39 is 0 Å². The Balaban J connectivity index is 1.42. The van der Waals surface area contributed by atoms with E-state index in [-0.39, 0.29) is 24.1 Å². The number of phenols is 1. The molecule has 32 heavy (non-hydrogen) atoms. The van der Waals surface area contributed by atoms with Crippen LogP contribution in [0, 0.1) is 20.8 Å². The van der Waals surface area contributed by atoms with Crippen LogP contribution >= 0.6 is 11.3 Å². The molecule has 0 radical (unpaired) electrons. The van der Waals surface area contributed by atoms with Gasteiger partial charge in [-0.1, -0.05) is 17.4 Å². The van der Waals surface area contributed by atoms with Crippen molar-refractivity contribution < 1.29 is 14.7 Å². The number of amides is 2. The minimum atomic E-state index is -0.302. The number of hydrogen-bond acceptors (Lipinski definition) is 7. The van der Waals surface area contributed by atoms with Crippen molar-refractivity contribution in [1.82, 2.24) is 19.7 Å². The molecular formula is C22H26N6O3S. The molecule has 0 atom stereocenters. The fourth-order valence-corrected chi connectivity index (χ4v) is 4.09. The Bertz CT molecular complexity index is 1180. The first-order valence-electron chi connectivity index (χ1n) is 10.4. The van der Waals surface area contributed by atoms with E-state index in [2.05, 4.69) is 20.7 Å². The van der Waals surface area contributed by atoms with Crippen LogP contribution < -0.4 is 10.6 Å². The normalized spacial score (nSPS) is 13.1. The second kappa shape index (κ2) is 8.62. The number of likely N-dealkylation sites (N-methyl/N-ethyl adjacent to an activating group) is 1. The van der Waals surface area contributed by atoms with Crippen molar-refractivity contribution in [3.63, 3.8) is 0 Å². The number of aryl methyl sites for hydroxylation is 2. The molecule has 3 aromatic rings. The van der Waals surface area contributed by atoms with Crippen molar-refractivity contribution >= 4 is 39.8 Å². The second-order valence-electron chi connectivity index (χ2n) is 8.10. The van der Waals surface area contributed by atoms with E-state index in [9.17, 15) is 14.7 Å². The monoisotopic (exact) mass is 454 g/mol. The van der Waals surface area contributed by atoms with Gasteiger partial charge in [-0.2, -0.15) is 5.10 Å². The standard InChI is InChI=1S/C22H26N6O3S/c1-12-5-8-16(29)14(3)19(12)24-21(31)17-9-23-22(32-17)25-20-13(2)10-28(26-20)11-18(30)27(4)15-6-7-15/h5,8-10,15,29H,6-7,11H2,1-4H3,(H,24,31)(H,23,25,26). The van der Waals surface area contributed by atoms with E-state index in [0.29, 0.717) is 33.1 Å². The Labute approximate surface area is 190 Å². The molecule has 4 rings (SSSR count). The molecule has 0 unspecified atom stereocenters. The van der Waals surface area contributed by atoms with Gasteiger partial charge in [-0.3, -0.25) is 14.3 Å². The second-order valence-corrected chi connectivity index (χ2v) is 9.14. The third kappa shape index (κ3) is 4.59. The number of rotatable bonds is 7. The zero-order valence-corrected chi connectivity index (χ0v) is 19.3. The van der Waals surface area contributed by atoms with Gasteiger partial charge in [-0.15, -0.1) is 0 Å². The number of aromatic hydroxyl groups is 1. The highest BCUT2D eigenvalue weighted by Crippen LogP contribution is 2.30. The number of hydrogen-bond donors (Lipinski definition) is 3. The fraction of sp³-hybridized carbons (Fsp3) is 0.364. The molecule has 2 heterocycles. The van der Waals surface area contributed by atoms with Gasteiger partial charge in [0.15, 0.2) is 10.9 Å². The Kier molecular flexibility index (Phi) is 5.88. The van der Waals surface area contributed by atoms with Gasteiger partial charge >= 0.3 is 0 Å². The molecule has 1 aliphatic rings. The Hall–Kier alpha value is -3.40. The summed E-state index contributed by atoms with van der Waals surface area (Å²) < 4.78 is 1.62. The SMILES string of the molecule is Cc1cn(CC(=O)N(C)C2CC2)nc1Nc1ncc(C(=O)Nc2c(C)ccc(O)c2C)s1. The average Bonchev–Trinajstić information content (AvgIpc) is 3.41. The van der Waals surface area contributed by atoms with Crippen molar-refractivity contribution in [2.24, 2.45) is 0 Å². The summed E-state index contributed by atoms with van der Waals surface area (Å²) in [5.74, 6) is 0.453. The molecular weight excluding hydrogens is 428 g/mol. The molecule has 2 aromatic heterocycles. The molecule has 2 amide bonds. The largest absolute Gasteiger partial charge is 0.508 e. The smallest absolute Gasteiger partial charge is 0.267 e. The molecule has 0 spiro atoms. The van der Waals surface area contributed by atoms with Crippen molar-refractivity contribution in [3.05, 3.63) is 46.1 Å². The van der Waals surface area contributed by atoms with Gasteiger partial charge in [-0.25, -0.2) is 4.98 Å². The number of carbonyl (C=O) groups is 2. The van der Waals surface area contributed by atoms with E-state index >= 15 is 0 Å². The van der Waals surface area contributed by atoms with E-state index in [1.54, 1.807) is 28.6 Å². The molecule has 10 heteroatoms. The topological polar surface area (TPSA) is 112 Å². The average molecular weight is 455 g/mol. The predicted octanol–water partition coefficient (Wildman–Crippen LogP) is 3.59. The first-order chi connectivity index (χ1) is 15.2. The van der Waals surface area contributed by atoms with Gasteiger partial charge < -0.3 is 20.6 Å². The maximum Gasteiger partial charge on any atom is 0.267 e. The molecule has 1 saturated carbocycles. The van der Waals surface area contributed by atoms with Gasteiger partial charge in [0.25, 0.3) is 5.91 Å². The van der Waals surface area contributed by atoms with Crippen LogP contribution in [0.1, 0.15) is 39.2 Å². The van der Waals surface area contributed by atoms with Crippen molar-refractivity contribution in [3.8, 4) is 5.75 Å². The summed E-state index contributed by atoms with van der Waals surface area (Å²) in [6.07, 6.45) is 5.45. The summed E-state index contributed by atoms with van der Waals surface area (Å²) in [4.78, 5) is 31.5. The zero-order valence-electron chi connectivity index (χ0n) is 18.5.